The molecular formula is C29H32F2N6O4. The number of aromatic nitrogens is 3. The number of rotatable bonds is 7. The van der Waals surface area contributed by atoms with Crippen molar-refractivity contribution in [3.8, 4) is 22.9 Å². The van der Waals surface area contributed by atoms with Gasteiger partial charge in [-0.3, -0.25) is 4.79 Å². The van der Waals surface area contributed by atoms with Gasteiger partial charge in [-0.25, -0.2) is 24.1 Å². The predicted octanol–water partition coefficient (Wildman–Crippen LogP) is 5.77. The molecule has 2 aliphatic rings. The topological polar surface area (TPSA) is 119 Å². The van der Waals surface area contributed by atoms with Crippen molar-refractivity contribution in [2.45, 2.75) is 58.1 Å². The van der Waals surface area contributed by atoms with Gasteiger partial charge in [-0.1, -0.05) is 0 Å². The van der Waals surface area contributed by atoms with Crippen LogP contribution in [0.5, 0.6) is 11.6 Å². The Morgan fingerprint density at radius 3 is 2.59 bits per heavy atom. The highest BCUT2D eigenvalue weighted by atomic mass is 19.2. The number of hydrogen-bond donors (Lipinski definition) is 2. The number of carbonyl (C=O) groups is 2. The van der Waals surface area contributed by atoms with Gasteiger partial charge in [0.25, 0.3) is 0 Å². The van der Waals surface area contributed by atoms with E-state index >= 15 is 0 Å². The standard InChI is InChI=1S/C29H32F2N6O4/c1-29(2,3)41-28(39)37-15-5-6-18(16-37)34-27-33-14-12-20(36-27)19-7-4-13-32-26(19)40-22-11-10-21(23(30)24(22)31)35-25(38)17-8-9-17/h4,7,10-14,17-18H,5-6,8-9,15-16H2,1-3H3,(H,35,38)(H,33,34,36). The molecule has 1 saturated heterocycles. The molecule has 0 radical (unpaired) electrons. The summed E-state index contributed by atoms with van der Waals surface area (Å²) in [4.78, 5) is 39.3. The lowest BCUT2D eigenvalue weighted by molar-refractivity contribution is -0.117. The number of ether oxygens (including phenoxy) is 2. The number of nitrogens with zero attached hydrogens (tertiary/aromatic N) is 4. The van der Waals surface area contributed by atoms with E-state index in [-0.39, 0.29) is 41.3 Å². The molecule has 1 aliphatic carbocycles. The van der Waals surface area contributed by atoms with E-state index in [0.717, 1.165) is 25.7 Å². The molecule has 10 nitrogen and oxygen atoms in total. The fourth-order valence-corrected chi connectivity index (χ4v) is 4.41. The van der Waals surface area contributed by atoms with Gasteiger partial charge in [-0.2, -0.15) is 4.39 Å². The minimum atomic E-state index is -1.24. The molecule has 216 valence electrons. The zero-order chi connectivity index (χ0) is 29.1. The average molecular weight is 567 g/mol. The van der Waals surface area contributed by atoms with Gasteiger partial charge in [0, 0.05) is 37.4 Å². The summed E-state index contributed by atoms with van der Waals surface area (Å²) in [5.41, 5.74) is 0.0520. The number of carbonyl (C=O) groups excluding carboxylic acids is 2. The summed E-state index contributed by atoms with van der Waals surface area (Å²) in [5.74, 6) is -2.98. The molecule has 1 unspecified atom stereocenters. The third-order valence-electron chi connectivity index (χ3n) is 6.57. The van der Waals surface area contributed by atoms with Gasteiger partial charge in [-0.15, -0.1) is 0 Å². The Bertz CT molecular complexity index is 1440. The second-order valence-corrected chi connectivity index (χ2v) is 11.1. The molecule has 2 aromatic heterocycles. The van der Waals surface area contributed by atoms with Crippen LogP contribution in [0.3, 0.4) is 0 Å². The molecule has 41 heavy (non-hydrogen) atoms. The van der Waals surface area contributed by atoms with Crippen molar-refractivity contribution in [1.29, 1.82) is 0 Å². The van der Waals surface area contributed by atoms with Crippen LogP contribution in [0.4, 0.5) is 25.2 Å². The number of hydrogen-bond acceptors (Lipinski definition) is 8. The van der Waals surface area contributed by atoms with E-state index in [0.29, 0.717) is 30.3 Å². The van der Waals surface area contributed by atoms with Gasteiger partial charge in [0.15, 0.2) is 11.6 Å². The maximum Gasteiger partial charge on any atom is 0.410 e. The van der Waals surface area contributed by atoms with Crippen LogP contribution in [0.25, 0.3) is 11.3 Å². The van der Waals surface area contributed by atoms with Gasteiger partial charge in [0.05, 0.1) is 16.9 Å². The number of amides is 2. The minimum absolute atomic E-state index is 0.0129. The van der Waals surface area contributed by atoms with E-state index in [9.17, 15) is 18.4 Å². The number of likely N-dealkylation sites (tertiary alicyclic amines) is 1. The second-order valence-electron chi connectivity index (χ2n) is 11.1. The molecule has 0 bridgehead atoms. The highest BCUT2D eigenvalue weighted by molar-refractivity contribution is 5.94. The van der Waals surface area contributed by atoms with E-state index in [1.807, 2.05) is 20.8 Å². The second kappa shape index (κ2) is 11.6. The normalized spacial score (nSPS) is 17.1. The van der Waals surface area contributed by atoms with E-state index in [1.54, 1.807) is 29.3 Å². The fraction of sp³-hybridized carbons (Fsp3) is 0.414. The third kappa shape index (κ3) is 7.05. The van der Waals surface area contributed by atoms with Gasteiger partial charge < -0.3 is 25.0 Å². The molecule has 5 rings (SSSR count). The monoisotopic (exact) mass is 566 g/mol. The summed E-state index contributed by atoms with van der Waals surface area (Å²) in [6, 6.07) is 7.42. The van der Waals surface area contributed by atoms with Crippen LogP contribution in [0.1, 0.15) is 46.5 Å². The van der Waals surface area contributed by atoms with Crippen molar-refractivity contribution in [1.82, 2.24) is 19.9 Å². The Morgan fingerprint density at radius 1 is 1.02 bits per heavy atom. The van der Waals surface area contributed by atoms with E-state index in [1.165, 1.54) is 18.3 Å². The number of nitrogens with one attached hydrogen (secondary N) is 2. The summed E-state index contributed by atoms with van der Waals surface area (Å²) in [6.07, 6.45) is 5.75. The van der Waals surface area contributed by atoms with Crippen LogP contribution in [-0.2, 0) is 9.53 Å². The minimum Gasteiger partial charge on any atom is -0.444 e. The first kappa shape index (κ1) is 28.2. The Kier molecular flexibility index (Phi) is 8.00. The maximum absolute atomic E-state index is 14.9. The summed E-state index contributed by atoms with van der Waals surface area (Å²) in [5, 5.41) is 5.70. The Labute approximate surface area is 236 Å². The summed E-state index contributed by atoms with van der Waals surface area (Å²) < 4.78 is 40.8. The first-order valence-electron chi connectivity index (χ1n) is 13.6. The number of pyridine rings is 1. The fourth-order valence-electron chi connectivity index (χ4n) is 4.41. The van der Waals surface area contributed by atoms with Crippen LogP contribution >= 0.6 is 0 Å². The average Bonchev–Trinajstić information content (AvgIpc) is 3.78. The summed E-state index contributed by atoms with van der Waals surface area (Å²) >= 11 is 0. The number of anilines is 2. The lowest BCUT2D eigenvalue weighted by Crippen LogP contribution is -2.47. The summed E-state index contributed by atoms with van der Waals surface area (Å²) in [6.45, 7) is 6.53. The molecule has 1 aromatic carbocycles. The van der Waals surface area contributed by atoms with Crippen molar-refractivity contribution in [3.05, 3.63) is 54.4 Å². The van der Waals surface area contributed by atoms with Gasteiger partial charge in [0.1, 0.15) is 5.60 Å². The molecule has 2 amide bonds. The molecule has 1 saturated carbocycles. The third-order valence-corrected chi connectivity index (χ3v) is 6.57. The predicted molar refractivity (Wildman–Crippen MR) is 148 cm³/mol. The first-order chi connectivity index (χ1) is 19.6. The zero-order valence-corrected chi connectivity index (χ0v) is 23.1. The van der Waals surface area contributed by atoms with Crippen molar-refractivity contribution >= 4 is 23.6 Å². The smallest absolute Gasteiger partial charge is 0.410 e. The van der Waals surface area contributed by atoms with Gasteiger partial charge in [-0.05, 0) is 76.8 Å². The molecular weight excluding hydrogens is 534 g/mol. The molecule has 0 spiro atoms. The van der Waals surface area contributed by atoms with Crippen LogP contribution in [0.15, 0.2) is 42.7 Å². The van der Waals surface area contributed by atoms with Crippen molar-refractivity contribution in [2.24, 2.45) is 5.92 Å². The van der Waals surface area contributed by atoms with Crippen molar-refractivity contribution in [3.63, 3.8) is 0 Å². The van der Waals surface area contributed by atoms with E-state index in [4.69, 9.17) is 9.47 Å². The molecule has 1 atom stereocenters. The number of halogens is 2. The molecule has 1 aliphatic heterocycles. The van der Waals surface area contributed by atoms with Crippen molar-refractivity contribution < 1.29 is 27.8 Å². The van der Waals surface area contributed by atoms with Crippen LogP contribution in [-0.4, -0.2) is 56.6 Å². The molecule has 3 aromatic rings. The SMILES string of the molecule is CC(C)(C)OC(=O)N1CCCC(Nc2nccc(-c3cccnc3Oc3ccc(NC(=O)C4CC4)c(F)c3F)n2)C1. The maximum atomic E-state index is 14.9. The molecule has 3 heterocycles. The van der Waals surface area contributed by atoms with E-state index in [2.05, 4.69) is 25.6 Å². The Morgan fingerprint density at radius 2 is 1.83 bits per heavy atom. The highest BCUT2D eigenvalue weighted by Gasteiger charge is 2.31. The van der Waals surface area contributed by atoms with Gasteiger partial charge >= 0.3 is 6.09 Å². The van der Waals surface area contributed by atoms with Crippen LogP contribution < -0.4 is 15.4 Å². The molecule has 2 N–H and O–H groups in total. The summed E-state index contributed by atoms with van der Waals surface area (Å²) in [7, 11) is 0. The van der Waals surface area contributed by atoms with Crippen molar-refractivity contribution in [2.75, 3.05) is 23.7 Å². The molecule has 2 fully saturated rings. The van der Waals surface area contributed by atoms with Crippen LogP contribution in [0, 0.1) is 17.6 Å². The highest BCUT2D eigenvalue weighted by Crippen LogP contribution is 2.35. The van der Waals surface area contributed by atoms with E-state index < -0.39 is 17.2 Å². The molecule has 12 heteroatoms. The number of piperidine rings is 1. The Hall–Kier alpha value is -4.35. The lowest BCUT2D eigenvalue weighted by Gasteiger charge is -2.34. The number of benzene rings is 1. The lowest BCUT2D eigenvalue weighted by atomic mass is 10.1. The first-order valence-corrected chi connectivity index (χ1v) is 13.6. The quantitative estimate of drug-likeness (QED) is 0.370. The van der Waals surface area contributed by atoms with Crippen LogP contribution in [0.2, 0.25) is 0 Å². The largest absolute Gasteiger partial charge is 0.444 e. The van der Waals surface area contributed by atoms with Gasteiger partial charge in [0.2, 0.25) is 23.6 Å². The zero-order valence-electron chi connectivity index (χ0n) is 23.1. The Balaban J connectivity index is 1.30.